The first-order chi connectivity index (χ1) is 16.0. The average Bonchev–Trinajstić information content (AvgIpc) is 2.79. The average molecular weight is 525 g/mol. The molecule has 2 aromatic rings. The molecule has 0 heterocycles. The number of benzene rings is 2. The third kappa shape index (κ3) is 5.79. The van der Waals surface area contributed by atoms with E-state index in [-0.39, 0.29) is 24.9 Å². The van der Waals surface area contributed by atoms with Crippen molar-refractivity contribution in [3.05, 3.63) is 65.2 Å². The highest BCUT2D eigenvalue weighted by Gasteiger charge is 2.50. The molecule has 1 fully saturated rings. The number of carbonyl (C=O) groups is 1. The van der Waals surface area contributed by atoms with Crippen LogP contribution in [0.4, 0.5) is 30.7 Å². The molecule has 1 aliphatic rings. The topological polar surface area (TPSA) is 63.2 Å². The molecule has 3 rings (SSSR count). The quantitative estimate of drug-likeness (QED) is 0.475. The molecule has 0 bridgehead atoms. The minimum absolute atomic E-state index is 0.0233. The largest absolute Gasteiger partial charge is 0.416 e. The van der Waals surface area contributed by atoms with E-state index < -0.39 is 67.4 Å². The normalized spacial score (nSPS) is 23.7. The van der Waals surface area contributed by atoms with Crippen LogP contribution in [0, 0.1) is 5.41 Å². The highest BCUT2D eigenvalue weighted by molar-refractivity contribution is 7.92. The molecule has 4 nitrogen and oxygen atoms in total. The first-order valence-corrected chi connectivity index (χ1v) is 12.0. The molecule has 0 radical (unpaired) electrons. The van der Waals surface area contributed by atoms with Gasteiger partial charge in [-0.1, -0.05) is 19.1 Å². The van der Waals surface area contributed by atoms with Crippen LogP contribution in [0.1, 0.15) is 54.1 Å². The number of halogens is 7. The summed E-state index contributed by atoms with van der Waals surface area (Å²) < 4.78 is 119. The summed E-state index contributed by atoms with van der Waals surface area (Å²) in [5, 5.41) is -0.283. The van der Waals surface area contributed by atoms with Gasteiger partial charge < -0.3 is 5.32 Å². The van der Waals surface area contributed by atoms with Crippen molar-refractivity contribution in [2.45, 2.75) is 54.9 Å². The van der Waals surface area contributed by atoms with Crippen molar-refractivity contribution in [2.75, 3.05) is 6.54 Å². The van der Waals surface area contributed by atoms with E-state index in [9.17, 15) is 39.6 Å². The van der Waals surface area contributed by atoms with E-state index in [1.807, 2.05) is 0 Å². The van der Waals surface area contributed by atoms with Crippen LogP contribution in [0.5, 0.6) is 0 Å². The second kappa shape index (κ2) is 9.11. The van der Waals surface area contributed by atoms with Crippen LogP contribution >= 0.6 is 0 Å². The molecule has 35 heavy (non-hydrogen) atoms. The van der Waals surface area contributed by atoms with Crippen LogP contribution in [-0.2, 0) is 22.2 Å². The Morgan fingerprint density at radius 3 is 1.94 bits per heavy atom. The van der Waals surface area contributed by atoms with E-state index in [1.165, 1.54) is 6.07 Å². The molecule has 0 spiro atoms. The number of amides is 1. The molecule has 0 saturated heterocycles. The Morgan fingerprint density at radius 1 is 0.886 bits per heavy atom. The van der Waals surface area contributed by atoms with E-state index in [0.717, 1.165) is 24.3 Å². The van der Waals surface area contributed by atoms with Crippen LogP contribution in [0.2, 0.25) is 0 Å². The van der Waals surface area contributed by atoms with E-state index in [4.69, 9.17) is 0 Å². The standard InChI is InChI=1S/C23H22F7NO3S/c1-20(14-31-19(32)15-4-2-5-16(12-15)22(25,26)27)8-10-21(24,11-9-20)35(33,34)18-7-3-6-17(13-18)23(28,29)30/h2-7,12-13H,8-11,14H2,1H3,(H,31,32). The van der Waals surface area contributed by atoms with Gasteiger partial charge in [-0.2, -0.15) is 26.3 Å². The second-order valence-electron chi connectivity index (χ2n) is 8.98. The molecule has 0 unspecified atom stereocenters. The summed E-state index contributed by atoms with van der Waals surface area (Å²) in [7, 11) is -4.75. The molecule has 0 aromatic heterocycles. The fraction of sp³-hybridized carbons (Fsp3) is 0.435. The number of rotatable bonds is 5. The minimum Gasteiger partial charge on any atom is -0.351 e. The van der Waals surface area contributed by atoms with Gasteiger partial charge in [-0.05, 0) is 67.5 Å². The summed E-state index contributed by atoms with van der Waals surface area (Å²) >= 11 is 0. The number of hydrogen-bond acceptors (Lipinski definition) is 3. The van der Waals surface area contributed by atoms with Crippen LogP contribution in [0.3, 0.4) is 0 Å². The minimum atomic E-state index is -4.79. The molecule has 1 saturated carbocycles. The summed E-state index contributed by atoms with van der Waals surface area (Å²) in [6, 6.07) is 6.73. The number of nitrogens with one attached hydrogen (secondary N) is 1. The van der Waals surface area contributed by atoms with Gasteiger partial charge in [0.05, 0.1) is 16.0 Å². The molecule has 12 heteroatoms. The monoisotopic (exact) mass is 525 g/mol. The maximum atomic E-state index is 15.6. The van der Waals surface area contributed by atoms with Crippen molar-refractivity contribution < 1.29 is 43.9 Å². The summed E-state index contributed by atoms with van der Waals surface area (Å²) in [6.07, 6.45) is -10.5. The molecular weight excluding hydrogens is 503 g/mol. The number of alkyl halides is 7. The van der Waals surface area contributed by atoms with Crippen LogP contribution < -0.4 is 5.32 Å². The Balaban J connectivity index is 1.69. The van der Waals surface area contributed by atoms with Crippen molar-refractivity contribution >= 4 is 15.7 Å². The summed E-state index contributed by atoms with van der Waals surface area (Å²) in [5.74, 6) is -0.772. The van der Waals surface area contributed by atoms with Crippen molar-refractivity contribution in [3.63, 3.8) is 0 Å². The Bertz CT molecular complexity index is 1200. The van der Waals surface area contributed by atoms with Gasteiger partial charge in [0.15, 0.2) is 0 Å². The molecule has 0 atom stereocenters. The molecule has 1 amide bonds. The van der Waals surface area contributed by atoms with Gasteiger partial charge in [-0.15, -0.1) is 0 Å². The van der Waals surface area contributed by atoms with Gasteiger partial charge in [0, 0.05) is 12.1 Å². The first-order valence-electron chi connectivity index (χ1n) is 10.5. The molecule has 192 valence electrons. The van der Waals surface area contributed by atoms with Crippen molar-refractivity contribution in [1.82, 2.24) is 5.32 Å². The van der Waals surface area contributed by atoms with E-state index in [2.05, 4.69) is 5.32 Å². The van der Waals surface area contributed by atoms with Gasteiger partial charge in [0.2, 0.25) is 14.8 Å². The Labute approximate surface area is 197 Å². The number of hydrogen-bond donors (Lipinski definition) is 1. The lowest BCUT2D eigenvalue weighted by Gasteiger charge is -2.40. The van der Waals surface area contributed by atoms with Crippen LogP contribution in [-0.4, -0.2) is 25.9 Å². The maximum absolute atomic E-state index is 15.6. The smallest absolute Gasteiger partial charge is 0.351 e. The van der Waals surface area contributed by atoms with E-state index in [1.54, 1.807) is 6.92 Å². The third-order valence-corrected chi connectivity index (χ3v) is 8.53. The van der Waals surface area contributed by atoms with Gasteiger partial charge in [0.25, 0.3) is 5.91 Å². The van der Waals surface area contributed by atoms with Crippen molar-refractivity contribution in [2.24, 2.45) is 5.41 Å². The summed E-state index contributed by atoms with van der Waals surface area (Å²) in [4.78, 5) is 11.6. The lowest BCUT2D eigenvalue weighted by atomic mass is 9.74. The Kier molecular flexibility index (Phi) is 7.02. The van der Waals surface area contributed by atoms with E-state index in [0.29, 0.717) is 18.2 Å². The number of sulfone groups is 1. The molecule has 1 aliphatic carbocycles. The molecule has 0 aliphatic heterocycles. The number of carbonyl (C=O) groups excluding carboxylic acids is 1. The van der Waals surface area contributed by atoms with Gasteiger partial charge in [-0.25, -0.2) is 12.8 Å². The van der Waals surface area contributed by atoms with Crippen LogP contribution in [0.15, 0.2) is 53.4 Å². The maximum Gasteiger partial charge on any atom is 0.416 e. The fourth-order valence-electron chi connectivity index (χ4n) is 3.96. The van der Waals surface area contributed by atoms with Gasteiger partial charge in [0.1, 0.15) is 0 Å². The lowest BCUT2D eigenvalue weighted by molar-refractivity contribution is -0.138. The van der Waals surface area contributed by atoms with E-state index >= 15 is 4.39 Å². The van der Waals surface area contributed by atoms with Crippen LogP contribution in [0.25, 0.3) is 0 Å². The van der Waals surface area contributed by atoms with Crippen molar-refractivity contribution in [3.8, 4) is 0 Å². The SMILES string of the molecule is CC1(CNC(=O)c2cccc(C(F)(F)F)c2)CCC(F)(S(=O)(=O)c2cccc(C(F)(F)F)c2)CC1. The van der Waals surface area contributed by atoms with Gasteiger partial charge in [-0.3, -0.25) is 4.79 Å². The molecule has 1 N–H and O–H groups in total. The first kappa shape index (κ1) is 27.0. The summed E-state index contributed by atoms with van der Waals surface area (Å²) in [5.41, 5.74) is -3.18. The molecule has 2 aromatic carbocycles. The predicted molar refractivity (Wildman–Crippen MR) is 113 cm³/mol. The summed E-state index contributed by atoms with van der Waals surface area (Å²) in [6.45, 7) is 1.61. The fourth-order valence-corrected chi connectivity index (χ4v) is 5.66. The zero-order valence-electron chi connectivity index (χ0n) is 18.4. The van der Waals surface area contributed by atoms with Gasteiger partial charge >= 0.3 is 12.4 Å². The Hall–Kier alpha value is -2.63. The van der Waals surface area contributed by atoms with Crippen molar-refractivity contribution in [1.29, 1.82) is 0 Å². The zero-order valence-corrected chi connectivity index (χ0v) is 19.2. The Morgan fingerprint density at radius 2 is 1.40 bits per heavy atom. The molecular formula is C23H22F7NO3S. The zero-order chi connectivity index (χ0) is 26.3. The lowest BCUT2D eigenvalue weighted by Crippen LogP contribution is -2.45. The third-order valence-electron chi connectivity index (χ3n) is 6.28. The second-order valence-corrected chi connectivity index (χ2v) is 11.2. The highest BCUT2D eigenvalue weighted by atomic mass is 32.2. The predicted octanol–water partition coefficient (Wildman–Crippen LogP) is 6.17. The highest BCUT2D eigenvalue weighted by Crippen LogP contribution is 2.47.